The number of ketones is 1. The molecule has 1 aromatic carbocycles. The number of Topliss-reactive ketones (excluding diaryl/α,β-unsaturated/α-hetero) is 1. The van der Waals surface area contributed by atoms with E-state index in [-0.39, 0.29) is 17.3 Å². The Kier molecular flexibility index (Phi) is 7.01. The van der Waals surface area contributed by atoms with Gasteiger partial charge in [0.25, 0.3) is 0 Å². The first-order chi connectivity index (χ1) is 13.3. The predicted molar refractivity (Wildman–Crippen MR) is 107 cm³/mol. The van der Waals surface area contributed by atoms with Crippen LogP contribution in [-0.2, 0) is 4.79 Å². The van der Waals surface area contributed by atoms with Gasteiger partial charge < -0.3 is 14.8 Å². The number of methoxy groups -OCH3 is 2. The summed E-state index contributed by atoms with van der Waals surface area (Å²) in [5, 5.41) is 12.1. The Labute approximate surface area is 168 Å². The SMILES string of the molecule is COc1cc(NC(=O)[C@H](C)Sc2nc(C)c(C(C)=O)cc2C#N)cc(OC)c1. The molecule has 0 aliphatic carbocycles. The fourth-order valence-corrected chi connectivity index (χ4v) is 3.38. The monoisotopic (exact) mass is 399 g/mol. The van der Waals surface area contributed by atoms with Gasteiger partial charge in [0.1, 0.15) is 22.6 Å². The van der Waals surface area contributed by atoms with Gasteiger partial charge in [0.05, 0.1) is 25.0 Å². The molecule has 2 aromatic rings. The molecule has 0 spiro atoms. The smallest absolute Gasteiger partial charge is 0.237 e. The minimum Gasteiger partial charge on any atom is -0.497 e. The number of aryl methyl sites for hydroxylation is 1. The van der Waals surface area contributed by atoms with Gasteiger partial charge in [0.15, 0.2) is 5.78 Å². The standard InChI is InChI=1S/C20H21N3O4S/c1-11-18(12(2)24)6-14(10-21)20(22-11)28-13(3)19(25)23-15-7-16(26-4)9-17(8-15)27-5/h6-9,13H,1-5H3,(H,23,25)/t13-/m0/s1. The average Bonchev–Trinajstić information content (AvgIpc) is 2.67. The van der Waals surface area contributed by atoms with Crippen molar-refractivity contribution < 1.29 is 19.1 Å². The second-order valence-corrected chi connectivity index (χ2v) is 7.32. The number of nitriles is 1. The lowest BCUT2D eigenvalue weighted by Gasteiger charge is -2.14. The van der Waals surface area contributed by atoms with E-state index in [4.69, 9.17) is 9.47 Å². The van der Waals surface area contributed by atoms with E-state index in [1.165, 1.54) is 27.2 Å². The minimum atomic E-state index is -0.528. The zero-order valence-corrected chi connectivity index (χ0v) is 17.1. The number of hydrogen-bond acceptors (Lipinski definition) is 7. The van der Waals surface area contributed by atoms with Crippen molar-refractivity contribution in [3.63, 3.8) is 0 Å². The maximum atomic E-state index is 12.6. The summed E-state index contributed by atoms with van der Waals surface area (Å²) in [5.41, 5.74) is 1.73. The number of carbonyl (C=O) groups excluding carboxylic acids is 2. The number of hydrogen-bond donors (Lipinski definition) is 1. The van der Waals surface area contributed by atoms with Crippen LogP contribution >= 0.6 is 11.8 Å². The molecule has 146 valence electrons. The van der Waals surface area contributed by atoms with Crippen LogP contribution in [0, 0.1) is 18.3 Å². The van der Waals surface area contributed by atoms with Crippen molar-refractivity contribution in [2.75, 3.05) is 19.5 Å². The fourth-order valence-electron chi connectivity index (χ4n) is 2.45. The summed E-state index contributed by atoms with van der Waals surface area (Å²) >= 11 is 1.16. The lowest BCUT2D eigenvalue weighted by Crippen LogP contribution is -2.22. The van der Waals surface area contributed by atoms with E-state index in [1.807, 2.05) is 6.07 Å². The highest BCUT2D eigenvalue weighted by molar-refractivity contribution is 8.00. The number of ether oxygens (including phenoxy) is 2. The van der Waals surface area contributed by atoms with Gasteiger partial charge in [-0.15, -0.1) is 0 Å². The third-order valence-electron chi connectivity index (χ3n) is 3.95. The molecule has 2 rings (SSSR count). The topological polar surface area (TPSA) is 101 Å². The summed E-state index contributed by atoms with van der Waals surface area (Å²) in [7, 11) is 3.06. The van der Waals surface area contributed by atoms with Crippen LogP contribution in [0.3, 0.4) is 0 Å². The number of thioether (sulfide) groups is 1. The lowest BCUT2D eigenvalue weighted by atomic mass is 10.1. The molecule has 0 saturated heterocycles. The third kappa shape index (κ3) is 5.02. The molecule has 1 N–H and O–H groups in total. The Bertz CT molecular complexity index is 931. The van der Waals surface area contributed by atoms with Gasteiger partial charge in [-0.25, -0.2) is 4.98 Å². The number of aromatic nitrogens is 1. The highest BCUT2D eigenvalue weighted by atomic mass is 32.2. The number of carbonyl (C=O) groups is 2. The molecule has 0 bridgehead atoms. The maximum Gasteiger partial charge on any atom is 0.237 e. The van der Waals surface area contributed by atoms with Crippen LogP contribution < -0.4 is 14.8 Å². The average molecular weight is 399 g/mol. The number of amides is 1. The van der Waals surface area contributed by atoms with Gasteiger partial charge in [-0.05, 0) is 26.8 Å². The Hall–Kier alpha value is -3.05. The zero-order chi connectivity index (χ0) is 20.8. The molecule has 7 nitrogen and oxygen atoms in total. The number of benzene rings is 1. The van der Waals surface area contributed by atoms with E-state index in [2.05, 4.69) is 10.3 Å². The number of anilines is 1. The molecular formula is C20H21N3O4S. The number of rotatable bonds is 7. The van der Waals surface area contributed by atoms with Gasteiger partial charge in [-0.2, -0.15) is 5.26 Å². The highest BCUT2D eigenvalue weighted by Gasteiger charge is 2.20. The van der Waals surface area contributed by atoms with Crippen LogP contribution in [0.4, 0.5) is 5.69 Å². The molecule has 0 aliphatic rings. The van der Waals surface area contributed by atoms with Crippen LogP contribution in [-0.4, -0.2) is 36.1 Å². The van der Waals surface area contributed by atoms with E-state index < -0.39 is 5.25 Å². The highest BCUT2D eigenvalue weighted by Crippen LogP contribution is 2.29. The van der Waals surface area contributed by atoms with Gasteiger partial charge in [0, 0.05) is 35.1 Å². The molecule has 1 amide bonds. The summed E-state index contributed by atoms with van der Waals surface area (Å²) in [6.07, 6.45) is 0. The van der Waals surface area contributed by atoms with Gasteiger partial charge >= 0.3 is 0 Å². The van der Waals surface area contributed by atoms with Crippen LogP contribution in [0.15, 0.2) is 29.3 Å². The van der Waals surface area contributed by atoms with Crippen LogP contribution in [0.5, 0.6) is 11.5 Å². The van der Waals surface area contributed by atoms with Crippen molar-refractivity contribution in [1.82, 2.24) is 4.98 Å². The van der Waals surface area contributed by atoms with Crippen molar-refractivity contribution in [3.05, 3.63) is 41.1 Å². The molecule has 8 heteroatoms. The summed E-state index contributed by atoms with van der Waals surface area (Å²) in [5.74, 6) is 0.688. The van der Waals surface area contributed by atoms with E-state index in [0.717, 1.165) is 11.8 Å². The van der Waals surface area contributed by atoms with Crippen molar-refractivity contribution in [1.29, 1.82) is 5.26 Å². The van der Waals surface area contributed by atoms with Crippen molar-refractivity contribution in [3.8, 4) is 17.6 Å². The van der Waals surface area contributed by atoms with Gasteiger partial charge in [-0.3, -0.25) is 9.59 Å². The first kappa shape index (κ1) is 21.3. The first-order valence-corrected chi connectivity index (χ1v) is 9.30. The molecule has 28 heavy (non-hydrogen) atoms. The van der Waals surface area contributed by atoms with Crippen LogP contribution in [0.25, 0.3) is 0 Å². The molecule has 0 saturated carbocycles. The minimum absolute atomic E-state index is 0.157. The van der Waals surface area contributed by atoms with E-state index in [1.54, 1.807) is 32.0 Å². The third-order valence-corrected chi connectivity index (χ3v) is 5.06. The number of nitrogens with one attached hydrogen (secondary N) is 1. The normalized spacial score (nSPS) is 11.3. The summed E-state index contributed by atoms with van der Waals surface area (Å²) < 4.78 is 10.4. The van der Waals surface area contributed by atoms with Gasteiger partial charge in [0.2, 0.25) is 5.91 Å². The number of pyridine rings is 1. The van der Waals surface area contributed by atoms with Crippen LogP contribution in [0.2, 0.25) is 0 Å². The summed E-state index contributed by atoms with van der Waals surface area (Å²) in [6, 6.07) is 8.63. The summed E-state index contributed by atoms with van der Waals surface area (Å²) in [4.78, 5) is 28.6. The molecule has 0 unspecified atom stereocenters. The predicted octanol–water partition coefficient (Wildman–Crippen LogP) is 3.60. The molecule has 0 radical (unpaired) electrons. The van der Waals surface area contributed by atoms with Crippen molar-refractivity contribution >= 4 is 29.1 Å². The van der Waals surface area contributed by atoms with Crippen molar-refractivity contribution in [2.24, 2.45) is 0 Å². The fraction of sp³-hybridized carbons (Fsp3) is 0.300. The van der Waals surface area contributed by atoms with Gasteiger partial charge in [-0.1, -0.05) is 11.8 Å². The molecule has 1 aromatic heterocycles. The molecule has 1 heterocycles. The Morgan fingerprint density at radius 1 is 1.18 bits per heavy atom. The molecule has 1 atom stereocenters. The first-order valence-electron chi connectivity index (χ1n) is 8.42. The second kappa shape index (κ2) is 9.24. The zero-order valence-electron chi connectivity index (χ0n) is 16.3. The molecular weight excluding hydrogens is 378 g/mol. The maximum absolute atomic E-state index is 12.6. The largest absolute Gasteiger partial charge is 0.497 e. The molecule has 0 fully saturated rings. The lowest BCUT2D eigenvalue weighted by molar-refractivity contribution is -0.115. The molecule has 0 aliphatic heterocycles. The van der Waals surface area contributed by atoms with Crippen LogP contribution in [0.1, 0.15) is 35.5 Å². The second-order valence-electron chi connectivity index (χ2n) is 5.99. The van der Waals surface area contributed by atoms with E-state index >= 15 is 0 Å². The quantitative estimate of drug-likeness (QED) is 0.561. The Morgan fingerprint density at radius 3 is 2.29 bits per heavy atom. The number of nitrogens with zero attached hydrogens (tertiary/aromatic N) is 2. The summed E-state index contributed by atoms with van der Waals surface area (Å²) in [6.45, 7) is 4.85. The Balaban J connectivity index is 2.20. The van der Waals surface area contributed by atoms with E-state index in [0.29, 0.717) is 33.5 Å². The van der Waals surface area contributed by atoms with Crippen molar-refractivity contribution in [2.45, 2.75) is 31.0 Å². The van der Waals surface area contributed by atoms with E-state index in [9.17, 15) is 14.9 Å². The Morgan fingerprint density at radius 2 is 1.79 bits per heavy atom.